The Bertz CT molecular complexity index is 359. The number of benzene rings is 1. The normalized spacial score (nSPS) is 9.61. The van der Waals surface area contributed by atoms with Crippen LogP contribution in [0.1, 0.15) is 30.1 Å². The van der Waals surface area contributed by atoms with Gasteiger partial charge in [0.1, 0.15) is 0 Å². The van der Waals surface area contributed by atoms with Gasteiger partial charge >= 0.3 is 0 Å². The van der Waals surface area contributed by atoms with Crippen LogP contribution in [-0.4, -0.2) is 25.7 Å². The van der Waals surface area contributed by atoms with Crippen molar-refractivity contribution >= 4 is 24.0 Å². The van der Waals surface area contributed by atoms with Crippen LogP contribution in [-0.2, 0) is 4.74 Å². The molecule has 0 radical (unpaired) electrons. The third kappa shape index (κ3) is 6.47. The molecule has 0 heterocycles. The van der Waals surface area contributed by atoms with Crippen LogP contribution >= 0.6 is 12.4 Å². The van der Waals surface area contributed by atoms with E-state index in [0.717, 1.165) is 19.4 Å². The molecule has 1 amide bonds. The second kappa shape index (κ2) is 9.74. The summed E-state index contributed by atoms with van der Waals surface area (Å²) in [6.45, 7) is 3.95. The van der Waals surface area contributed by atoms with Crippen molar-refractivity contribution in [3.05, 3.63) is 29.8 Å². The molecule has 1 aromatic rings. The highest BCUT2D eigenvalue weighted by Gasteiger charge is 2.04. The molecule has 0 aliphatic carbocycles. The van der Waals surface area contributed by atoms with E-state index in [1.807, 2.05) is 0 Å². The van der Waals surface area contributed by atoms with Crippen LogP contribution in [0.4, 0.5) is 5.69 Å². The average molecular weight is 273 g/mol. The zero-order valence-electron chi connectivity index (χ0n) is 10.6. The number of rotatable bonds is 7. The molecule has 0 atom stereocenters. The highest BCUT2D eigenvalue weighted by Crippen LogP contribution is 2.05. The molecule has 1 aromatic carbocycles. The molecule has 1 rings (SSSR count). The largest absolute Gasteiger partial charge is 0.399 e. The molecular formula is C13H21ClN2O2. The van der Waals surface area contributed by atoms with Gasteiger partial charge in [0, 0.05) is 24.4 Å². The summed E-state index contributed by atoms with van der Waals surface area (Å²) in [5.41, 5.74) is 6.78. The van der Waals surface area contributed by atoms with Gasteiger partial charge in [-0.1, -0.05) is 19.4 Å². The number of carbonyl (C=O) groups is 1. The Balaban J connectivity index is 0.00000289. The maximum Gasteiger partial charge on any atom is 0.251 e. The number of nitrogens with one attached hydrogen (secondary N) is 1. The van der Waals surface area contributed by atoms with Gasteiger partial charge in [0.05, 0.1) is 6.61 Å². The Morgan fingerprint density at radius 1 is 1.39 bits per heavy atom. The number of halogens is 1. The number of nitrogens with two attached hydrogens (primary N) is 1. The van der Waals surface area contributed by atoms with Crippen LogP contribution in [0.25, 0.3) is 0 Å². The smallest absolute Gasteiger partial charge is 0.251 e. The van der Waals surface area contributed by atoms with Crippen molar-refractivity contribution in [3.8, 4) is 0 Å². The summed E-state index contributed by atoms with van der Waals surface area (Å²) in [4.78, 5) is 11.7. The van der Waals surface area contributed by atoms with Gasteiger partial charge in [-0.25, -0.2) is 0 Å². The molecule has 4 nitrogen and oxygen atoms in total. The van der Waals surface area contributed by atoms with Crippen molar-refractivity contribution in [2.24, 2.45) is 0 Å². The predicted octanol–water partition coefficient (Wildman–Crippen LogP) is 2.24. The molecule has 102 valence electrons. The molecule has 0 aromatic heterocycles. The molecule has 0 unspecified atom stereocenters. The van der Waals surface area contributed by atoms with Gasteiger partial charge in [0.25, 0.3) is 5.91 Å². The minimum absolute atomic E-state index is 0. The van der Waals surface area contributed by atoms with E-state index in [0.29, 0.717) is 24.4 Å². The summed E-state index contributed by atoms with van der Waals surface area (Å²) in [7, 11) is 0. The standard InChI is InChI=1S/C13H20N2O2.ClH/c1-2-3-8-17-9-7-15-13(16)11-5-4-6-12(14)10-11;/h4-6,10H,2-3,7-9,14H2,1H3,(H,15,16);1H. The fourth-order valence-electron chi connectivity index (χ4n) is 1.37. The molecule has 3 N–H and O–H groups in total. The second-order valence-corrected chi connectivity index (χ2v) is 3.85. The Kier molecular flexibility index (Phi) is 9.06. The zero-order chi connectivity index (χ0) is 12.5. The summed E-state index contributed by atoms with van der Waals surface area (Å²) in [6, 6.07) is 6.92. The first-order valence-electron chi connectivity index (χ1n) is 5.95. The van der Waals surface area contributed by atoms with Gasteiger partial charge in [-0.2, -0.15) is 0 Å². The fraction of sp³-hybridized carbons (Fsp3) is 0.462. The lowest BCUT2D eigenvalue weighted by molar-refractivity contribution is 0.0913. The molecule has 0 aliphatic heterocycles. The topological polar surface area (TPSA) is 64.3 Å². The van der Waals surface area contributed by atoms with E-state index in [1.54, 1.807) is 24.3 Å². The number of anilines is 1. The molecule has 0 bridgehead atoms. The van der Waals surface area contributed by atoms with Crippen molar-refractivity contribution in [3.63, 3.8) is 0 Å². The minimum atomic E-state index is -0.114. The molecule has 18 heavy (non-hydrogen) atoms. The second-order valence-electron chi connectivity index (χ2n) is 3.85. The summed E-state index contributed by atoms with van der Waals surface area (Å²) in [5, 5.41) is 2.78. The Morgan fingerprint density at radius 2 is 2.17 bits per heavy atom. The fourth-order valence-corrected chi connectivity index (χ4v) is 1.37. The van der Waals surface area contributed by atoms with Gasteiger partial charge in [-0.3, -0.25) is 4.79 Å². The molecule has 0 fully saturated rings. The van der Waals surface area contributed by atoms with E-state index >= 15 is 0 Å². The number of hydrogen-bond donors (Lipinski definition) is 2. The van der Waals surface area contributed by atoms with Gasteiger partial charge in [0.15, 0.2) is 0 Å². The summed E-state index contributed by atoms with van der Waals surface area (Å²) < 4.78 is 5.34. The van der Waals surface area contributed by atoms with E-state index in [2.05, 4.69) is 12.2 Å². The zero-order valence-corrected chi connectivity index (χ0v) is 11.5. The number of carbonyl (C=O) groups excluding carboxylic acids is 1. The SMILES string of the molecule is CCCCOCCNC(=O)c1cccc(N)c1.Cl. The number of amides is 1. The maximum absolute atomic E-state index is 11.7. The van der Waals surface area contributed by atoms with E-state index in [9.17, 15) is 4.79 Å². The van der Waals surface area contributed by atoms with Crippen molar-refractivity contribution in [1.82, 2.24) is 5.32 Å². The van der Waals surface area contributed by atoms with E-state index < -0.39 is 0 Å². The Morgan fingerprint density at radius 3 is 2.83 bits per heavy atom. The number of unbranched alkanes of at least 4 members (excludes halogenated alkanes) is 1. The van der Waals surface area contributed by atoms with E-state index in [4.69, 9.17) is 10.5 Å². The van der Waals surface area contributed by atoms with Gasteiger partial charge in [-0.05, 0) is 24.6 Å². The predicted molar refractivity (Wildman–Crippen MR) is 76.2 cm³/mol. The van der Waals surface area contributed by atoms with Crippen molar-refractivity contribution in [1.29, 1.82) is 0 Å². The lowest BCUT2D eigenvalue weighted by Gasteiger charge is -2.06. The number of nitrogen functional groups attached to an aromatic ring is 1. The molecule has 0 aliphatic rings. The monoisotopic (exact) mass is 272 g/mol. The number of hydrogen-bond acceptors (Lipinski definition) is 3. The minimum Gasteiger partial charge on any atom is -0.399 e. The average Bonchev–Trinajstić information content (AvgIpc) is 2.33. The van der Waals surface area contributed by atoms with E-state index in [1.165, 1.54) is 0 Å². The first kappa shape index (κ1) is 16.7. The van der Waals surface area contributed by atoms with E-state index in [-0.39, 0.29) is 18.3 Å². The summed E-state index contributed by atoms with van der Waals surface area (Å²) in [5.74, 6) is -0.114. The quantitative estimate of drug-likeness (QED) is 0.591. The van der Waals surface area contributed by atoms with Gasteiger partial charge < -0.3 is 15.8 Å². The first-order chi connectivity index (χ1) is 8.24. The van der Waals surface area contributed by atoms with Gasteiger partial charge in [-0.15, -0.1) is 12.4 Å². The lowest BCUT2D eigenvalue weighted by atomic mass is 10.2. The Labute approximate surface area is 114 Å². The van der Waals surface area contributed by atoms with Crippen LogP contribution in [0.15, 0.2) is 24.3 Å². The molecular weight excluding hydrogens is 252 g/mol. The van der Waals surface area contributed by atoms with Crippen molar-refractivity contribution in [2.75, 3.05) is 25.5 Å². The maximum atomic E-state index is 11.7. The first-order valence-corrected chi connectivity index (χ1v) is 5.95. The highest BCUT2D eigenvalue weighted by molar-refractivity contribution is 5.94. The highest BCUT2D eigenvalue weighted by atomic mass is 35.5. The molecule has 0 saturated heterocycles. The van der Waals surface area contributed by atoms with Crippen molar-refractivity contribution in [2.45, 2.75) is 19.8 Å². The third-order valence-corrected chi connectivity index (χ3v) is 2.32. The van der Waals surface area contributed by atoms with Crippen LogP contribution in [0.5, 0.6) is 0 Å². The van der Waals surface area contributed by atoms with Crippen LogP contribution in [0.3, 0.4) is 0 Å². The van der Waals surface area contributed by atoms with Crippen LogP contribution in [0, 0.1) is 0 Å². The summed E-state index contributed by atoms with van der Waals surface area (Å²) >= 11 is 0. The summed E-state index contributed by atoms with van der Waals surface area (Å²) in [6.07, 6.45) is 2.18. The van der Waals surface area contributed by atoms with Gasteiger partial charge in [0.2, 0.25) is 0 Å². The number of ether oxygens (including phenoxy) is 1. The van der Waals surface area contributed by atoms with Crippen molar-refractivity contribution < 1.29 is 9.53 Å². The molecule has 5 heteroatoms. The molecule has 0 spiro atoms. The van der Waals surface area contributed by atoms with Crippen LogP contribution in [0.2, 0.25) is 0 Å². The van der Waals surface area contributed by atoms with Crippen LogP contribution < -0.4 is 11.1 Å². The lowest BCUT2D eigenvalue weighted by Crippen LogP contribution is -2.27. The third-order valence-electron chi connectivity index (χ3n) is 2.32. The Hall–Kier alpha value is -1.26. The molecule has 0 saturated carbocycles.